The number of unbranched alkanes of at least 4 members (excludes halogenated alkanes) is 12. The largest absolute Gasteiger partial charge is 0.756 e. The van der Waals surface area contributed by atoms with Gasteiger partial charge in [-0.25, -0.2) is 0 Å². The summed E-state index contributed by atoms with van der Waals surface area (Å²) in [6.07, 6.45) is 47.9. The van der Waals surface area contributed by atoms with E-state index in [0.29, 0.717) is 17.4 Å². The first-order valence-electron chi connectivity index (χ1n) is 21.5. The molecule has 0 saturated carbocycles. The molecule has 0 spiro atoms. The molecule has 322 valence electrons. The van der Waals surface area contributed by atoms with E-state index >= 15 is 0 Å². The Morgan fingerprint density at radius 2 is 1.21 bits per heavy atom. The highest BCUT2D eigenvalue weighted by Gasteiger charge is 2.20. The third-order valence-electron chi connectivity index (χ3n) is 8.65. The van der Waals surface area contributed by atoms with Gasteiger partial charge in [-0.15, -0.1) is 0 Å². The number of carbonyl (C=O) groups excluding carboxylic acids is 1. The Bertz CT molecular complexity index is 1180. The summed E-state index contributed by atoms with van der Waals surface area (Å²) in [5.74, 6) is -0.431. The topological polar surface area (TPSA) is 114 Å². The summed E-state index contributed by atoms with van der Waals surface area (Å²) in [7, 11) is 1.24. The van der Waals surface area contributed by atoms with Crippen LogP contribution in [0.2, 0.25) is 0 Å². The average molecular weight is 806 g/mol. The number of hydrogen-bond donors (Lipinski definition) is 1. The molecule has 0 radical (unpaired) electrons. The number of likely N-dealkylation sites (N-methyl/N-ethyl adjacent to an activating group) is 1. The summed E-state index contributed by atoms with van der Waals surface area (Å²) in [5.41, 5.74) is 0. The number of hydrogen-bond acceptors (Lipinski definition) is 8. The average Bonchev–Trinajstić information content (AvgIpc) is 3.15. The lowest BCUT2D eigenvalue weighted by Gasteiger charge is -2.28. The van der Waals surface area contributed by atoms with Crippen molar-refractivity contribution in [2.24, 2.45) is 0 Å². The van der Waals surface area contributed by atoms with Gasteiger partial charge in [-0.2, -0.15) is 0 Å². The summed E-state index contributed by atoms with van der Waals surface area (Å²) in [4.78, 5) is 25.0. The molecule has 0 aromatic heterocycles. The fraction of sp³-hybridized carbons (Fsp3) is 0.674. The number of quaternary nitrogens is 1. The molecule has 9 nitrogen and oxygen atoms in total. The minimum Gasteiger partial charge on any atom is -0.756 e. The molecule has 1 unspecified atom stereocenters. The number of phosphoric ester groups is 1. The van der Waals surface area contributed by atoms with E-state index in [4.69, 9.17) is 18.5 Å². The van der Waals surface area contributed by atoms with Gasteiger partial charge in [0.05, 0.1) is 40.1 Å². The van der Waals surface area contributed by atoms with Crippen molar-refractivity contribution in [1.29, 1.82) is 0 Å². The van der Waals surface area contributed by atoms with Crippen LogP contribution in [0, 0.1) is 0 Å². The van der Waals surface area contributed by atoms with Crippen LogP contribution in [-0.2, 0) is 27.9 Å². The van der Waals surface area contributed by atoms with Gasteiger partial charge < -0.3 is 33.0 Å². The number of aliphatic hydroxyl groups excluding tert-OH is 1. The zero-order valence-corrected chi connectivity index (χ0v) is 36.8. The lowest BCUT2D eigenvalue weighted by atomic mass is 10.1. The van der Waals surface area contributed by atoms with Crippen LogP contribution in [0.3, 0.4) is 0 Å². The van der Waals surface area contributed by atoms with E-state index in [0.717, 1.165) is 57.8 Å². The Hall–Kier alpha value is -2.52. The van der Waals surface area contributed by atoms with Gasteiger partial charge in [-0.05, 0) is 83.1 Å². The fourth-order valence-corrected chi connectivity index (χ4v) is 5.87. The molecule has 0 amide bonds. The monoisotopic (exact) mass is 806 g/mol. The summed E-state index contributed by atoms with van der Waals surface area (Å²) in [6, 6.07) is 0. The molecule has 10 heteroatoms. The minimum absolute atomic E-state index is 0.00681. The molecular formula is C46H80NO8P. The second-order valence-corrected chi connectivity index (χ2v) is 16.6. The van der Waals surface area contributed by atoms with Gasteiger partial charge >= 0.3 is 5.97 Å². The molecule has 0 bridgehead atoms. The van der Waals surface area contributed by atoms with Gasteiger partial charge in [0.15, 0.2) is 6.10 Å². The van der Waals surface area contributed by atoms with Crippen molar-refractivity contribution in [1.82, 2.24) is 0 Å². The van der Waals surface area contributed by atoms with Gasteiger partial charge in [-0.1, -0.05) is 132 Å². The van der Waals surface area contributed by atoms with E-state index in [-0.39, 0.29) is 32.3 Å². The predicted octanol–water partition coefficient (Wildman–Crippen LogP) is 11.2. The van der Waals surface area contributed by atoms with Crippen LogP contribution in [0.15, 0.2) is 85.3 Å². The van der Waals surface area contributed by atoms with Crippen molar-refractivity contribution in [2.45, 2.75) is 154 Å². The van der Waals surface area contributed by atoms with Crippen molar-refractivity contribution in [3.8, 4) is 0 Å². The van der Waals surface area contributed by atoms with Crippen molar-refractivity contribution in [3.05, 3.63) is 85.3 Å². The molecule has 0 aliphatic carbocycles. The van der Waals surface area contributed by atoms with Crippen molar-refractivity contribution in [3.63, 3.8) is 0 Å². The lowest BCUT2D eigenvalue weighted by Crippen LogP contribution is -2.37. The van der Waals surface area contributed by atoms with E-state index < -0.39 is 19.9 Å². The van der Waals surface area contributed by atoms with Crippen molar-refractivity contribution in [2.75, 3.05) is 47.5 Å². The van der Waals surface area contributed by atoms with Gasteiger partial charge in [0.25, 0.3) is 7.82 Å². The Morgan fingerprint density at radius 3 is 1.82 bits per heavy atom. The first-order chi connectivity index (χ1) is 27.0. The molecule has 0 aliphatic heterocycles. The zero-order valence-electron chi connectivity index (χ0n) is 35.9. The highest BCUT2D eigenvalue weighted by atomic mass is 31.2. The molecule has 3 atom stereocenters. The Kier molecular flexibility index (Phi) is 36.3. The summed E-state index contributed by atoms with van der Waals surface area (Å²) in [5, 5.41) is 9.48. The van der Waals surface area contributed by atoms with Gasteiger partial charge in [0.1, 0.15) is 19.8 Å². The highest BCUT2D eigenvalue weighted by Crippen LogP contribution is 2.38. The molecule has 0 aromatic carbocycles. The Morgan fingerprint density at radius 1 is 0.679 bits per heavy atom. The number of aliphatic hydroxyl groups is 1. The summed E-state index contributed by atoms with van der Waals surface area (Å²) >= 11 is 0. The van der Waals surface area contributed by atoms with Crippen LogP contribution < -0.4 is 4.89 Å². The number of rotatable bonds is 38. The first kappa shape index (κ1) is 53.5. The molecule has 0 rings (SSSR count). The number of ether oxygens (including phenoxy) is 2. The maximum Gasteiger partial charge on any atom is 0.306 e. The van der Waals surface area contributed by atoms with Gasteiger partial charge in [0, 0.05) is 6.42 Å². The molecular weight excluding hydrogens is 725 g/mol. The smallest absolute Gasteiger partial charge is 0.306 e. The number of allylic oxidation sites excluding steroid dienone is 12. The lowest BCUT2D eigenvalue weighted by molar-refractivity contribution is -0.870. The number of phosphoric acid groups is 1. The number of esters is 1. The van der Waals surface area contributed by atoms with Crippen molar-refractivity contribution < 1.29 is 42.4 Å². The van der Waals surface area contributed by atoms with Crippen LogP contribution in [0.25, 0.3) is 0 Å². The van der Waals surface area contributed by atoms with Gasteiger partial charge in [-0.3, -0.25) is 9.36 Å². The third kappa shape index (κ3) is 41.1. The highest BCUT2D eigenvalue weighted by molar-refractivity contribution is 7.45. The molecule has 0 aromatic rings. The second-order valence-electron chi connectivity index (χ2n) is 15.2. The fourth-order valence-electron chi connectivity index (χ4n) is 5.14. The molecule has 56 heavy (non-hydrogen) atoms. The van der Waals surface area contributed by atoms with Gasteiger partial charge in [0.2, 0.25) is 0 Å². The molecule has 0 heterocycles. The quantitative estimate of drug-likeness (QED) is 0.0125. The Labute approximate surface area is 342 Å². The molecule has 0 aliphatic rings. The minimum atomic E-state index is -4.57. The maximum absolute atomic E-state index is 12.6. The normalized spacial score (nSPS) is 15.1. The number of nitrogens with zero attached hydrogens (tertiary/aromatic N) is 1. The standard InChI is InChI=1S/C46H80NO8P/c1-6-8-9-10-11-12-13-14-15-18-21-24-27-30-33-36-40-52-42-45(43-54-56(50,51)53-41-39-47(3,4)5)55-46(49)38-35-32-29-26-23-20-17-16-19-22-25-28-31-34-37-44(48)7-2/h14-15,17,19-20,22,26,28-29,31,34,36-37,40,44-45,48H,6-13,16,18,21,23-25,27,30,32-33,35,38-39,41-43H2,1-5H3/b15-14-,20-17-,22-19-,29-26-,31-28-,37-34+,40-36+/t44-,45-/m1/s1. The van der Waals surface area contributed by atoms with Crippen molar-refractivity contribution >= 4 is 13.8 Å². The summed E-state index contributed by atoms with van der Waals surface area (Å²) < 4.78 is 34.2. The van der Waals surface area contributed by atoms with E-state index in [1.54, 1.807) is 12.3 Å². The first-order valence-corrected chi connectivity index (χ1v) is 22.9. The maximum atomic E-state index is 12.6. The van der Waals surface area contributed by atoms with Crippen LogP contribution in [0.1, 0.15) is 142 Å². The molecule has 0 saturated heterocycles. The van der Waals surface area contributed by atoms with E-state index in [1.165, 1.54) is 57.8 Å². The second kappa shape index (κ2) is 38.0. The summed E-state index contributed by atoms with van der Waals surface area (Å²) in [6.45, 7) is 4.28. The zero-order chi connectivity index (χ0) is 41.4. The van der Waals surface area contributed by atoms with Crippen LogP contribution in [0.4, 0.5) is 0 Å². The SMILES string of the molecule is CCCCCCCC/C=C\CCCCCC/C=C/OC[C@H](COP(=O)([O-])OCC[N+](C)(C)C)OC(=O)CCC/C=C\C/C=C\C/C=C\C/C=C\C=C\[C@H](O)CC. The van der Waals surface area contributed by atoms with Crippen LogP contribution >= 0.6 is 7.82 Å². The van der Waals surface area contributed by atoms with Crippen LogP contribution in [0.5, 0.6) is 0 Å². The van der Waals surface area contributed by atoms with E-state index in [1.807, 2.05) is 58.4 Å². The molecule has 0 fully saturated rings. The molecule has 1 N–H and O–H groups in total. The predicted molar refractivity (Wildman–Crippen MR) is 232 cm³/mol. The van der Waals surface area contributed by atoms with E-state index in [2.05, 4.69) is 49.5 Å². The third-order valence-corrected chi connectivity index (χ3v) is 9.62. The van der Waals surface area contributed by atoms with E-state index in [9.17, 15) is 19.4 Å². The Balaban J connectivity index is 4.47. The number of carbonyl (C=O) groups is 1. The van der Waals surface area contributed by atoms with Crippen LogP contribution in [-0.4, -0.2) is 75.3 Å².